The summed E-state index contributed by atoms with van der Waals surface area (Å²) in [5.41, 5.74) is 0.409. The van der Waals surface area contributed by atoms with Gasteiger partial charge in [-0.05, 0) is 24.3 Å². The largest absolute Gasteiger partial charge is 0.478 e. The topological polar surface area (TPSA) is 92.7 Å². The summed E-state index contributed by atoms with van der Waals surface area (Å²) in [6.07, 6.45) is 0.456. The van der Waals surface area contributed by atoms with Crippen molar-refractivity contribution in [2.24, 2.45) is 0 Å². The van der Waals surface area contributed by atoms with E-state index < -0.39 is 23.9 Å². The molecule has 1 aromatic carbocycles. The molecule has 6 heteroatoms. The normalized spacial score (nSPS) is 18.2. The third-order valence-corrected chi connectivity index (χ3v) is 2.63. The van der Waals surface area contributed by atoms with E-state index in [9.17, 15) is 14.4 Å². The number of carbonyl (C=O) groups excluding carboxylic acids is 2. The Hall–Kier alpha value is -2.37. The number of rotatable bonds is 3. The Labute approximate surface area is 103 Å². The second kappa shape index (κ2) is 4.87. The minimum atomic E-state index is -1.05. The third kappa shape index (κ3) is 2.48. The lowest BCUT2D eigenvalue weighted by molar-refractivity contribution is -0.139. The highest BCUT2D eigenvalue weighted by atomic mass is 16.5. The minimum absolute atomic E-state index is 0.104. The van der Waals surface area contributed by atoms with E-state index in [0.29, 0.717) is 18.6 Å². The molecule has 6 nitrogen and oxygen atoms in total. The first kappa shape index (κ1) is 12.1. The number of carboxylic acids is 1. The number of amides is 1. The van der Waals surface area contributed by atoms with Gasteiger partial charge in [0.25, 0.3) is 5.91 Å². The third-order valence-electron chi connectivity index (χ3n) is 2.63. The molecule has 18 heavy (non-hydrogen) atoms. The molecule has 0 spiro atoms. The van der Waals surface area contributed by atoms with Crippen LogP contribution in [0.15, 0.2) is 24.3 Å². The standard InChI is InChI=1S/C12H11NO5/c14-10(13-9-5-6-18-12(9)17)7-1-3-8(4-2-7)11(15)16/h1-4,9H,5-6H2,(H,13,14)(H,15,16)/t9-/m0/s1. The Kier molecular flexibility index (Phi) is 3.27. The maximum Gasteiger partial charge on any atom is 0.335 e. The van der Waals surface area contributed by atoms with Crippen LogP contribution in [0.1, 0.15) is 27.1 Å². The molecular weight excluding hydrogens is 238 g/mol. The zero-order chi connectivity index (χ0) is 13.1. The quantitative estimate of drug-likeness (QED) is 0.758. The molecule has 94 valence electrons. The lowest BCUT2D eigenvalue weighted by atomic mass is 10.1. The summed E-state index contributed by atoms with van der Waals surface area (Å²) in [4.78, 5) is 33.6. The Bertz CT molecular complexity index is 494. The summed E-state index contributed by atoms with van der Waals surface area (Å²) in [6.45, 7) is 0.307. The number of hydrogen-bond donors (Lipinski definition) is 2. The molecule has 0 unspecified atom stereocenters. The SMILES string of the molecule is O=C(O)c1ccc(C(=O)N[C@H]2CCOC2=O)cc1. The van der Waals surface area contributed by atoms with Crippen molar-refractivity contribution < 1.29 is 24.2 Å². The van der Waals surface area contributed by atoms with Crippen molar-refractivity contribution in [3.8, 4) is 0 Å². The summed E-state index contributed by atoms with van der Waals surface area (Å²) in [5.74, 6) is -1.91. The second-order valence-corrected chi connectivity index (χ2v) is 3.86. The van der Waals surface area contributed by atoms with Gasteiger partial charge in [0.2, 0.25) is 0 Å². The summed E-state index contributed by atoms with van der Waals surface area (Å²) in [6, 6.07) is 4.86. The van der Waals surface area contributed by atoms with Gasteiger partial charge in [-0.1, -0.05) is 0 Å². The number of esters is 1. The first-order valence-corrected chi connectivity index (χ1v) is 5.39. The molecule has 1 atom stereocenters. The molecule has 1 amide bonds. The van der Waals surface area contributed by atoms with Crippen molar-refractivity contribution in [1.82, 2.24) is 5.32 Å². The van der Waals surface area contributed by atoms with Crippen LogP contribution in [0.3, 0.4) is 0 Å². The number of cyclic esters (lactones) is 1. The highest BCUT2D eigenvalue weighted by molar-refractivity contribution is 5.98. The molecule has 1 saturated heterocycles. The fourth-order valence-corrected chi connectivity index (χ4v) is 1.63. The van der Waals surface area contributed by atoms with Crippen molar-refractivity contribution in [2.45, 2.75) is 12.5 Å². The first-order chi connectivity index (χ1) is 8.58. The molecule has 0 aromatic heterocycles. The predicted molar refractivity (Wildman–Crippen MR) is 60.2 cm³/mol. The number of carboxylic acid groups (broad SMARTS) is 1. The number of hydrogen-bond acceptors (Lipinski definition) is 4. The van der Waals surface area contributed by atoms with Gasteiger partial charge in [0.15, 0.2) is 0 Å². The number of carbonyl (C=O) groups is 3. The van der Waals surface area contributed by atoms with Crippen LogP contribution >= 0.6 is 0 Å². The van der Waals surface area contributed by atoms with Crippen molar-refractivity contribution in [3.05, 3.63) is 35.4 Å². The Balaban J connectivity index is 2.04. The molecule has 0 saturated carbocycles. The first-order valence-electron chi connectivity index (χ1n) is 5.39. The molecule has 0 radical (unpaired) electrons. The average molecular weight is 249 g/mol. The van der Waals surface area contributed by atoms with Gasteiger partial charge in [0.1, 0.15) is 6.04 Å². The highest BCUT2D eigenvalue weighted by Crippen LogP contribution is 2.09. The molecule has 2 rings (SSSR count). The van der Waals surface area contributed by atoms with E-state index in [0.717, 1.165) is 0 Å². The second-order valence-electron chi connectivity index (χ2n) is 3.86. The van der Waals surface area contributed by atoms with Gasteiger partial charge in [0.05, 0.1) is 12.2 Å². The van der Waals surface area contributed by atoms with Crippen LogP contribution < -0.4 is 5.32 Å². The van der Waals surface area contributed by atoms with Crippen molar-refractivity contribution in [2.75, 3.05) is 6.61 Å². The summed E-state index contributed by atoms with van der Waals surface area (Å²) in [7, 11) is 0. The van der Waals surface area contributed by atoms with E-state index in [-0.39, 0.29) is 5.56 Å². The van der Waals surface area contributed by atoms with Crippen molar-refractivity contribution in [1.29, 1.82) is 0 Å². The molecule has 1 fully saturated rings. The monoisotopic (exact) mass is 249 g/mol. The summed E-state index contributed by atoms with van der Waals surface area (Å²) in [5, 5.41) is 11.2. The molecule has 2 N–H and O–H groups in total. The van der Waals surface area contributed by atoms with E-state index in [1.807, 2.05) is 0 Å². The number of nitrogens with one attached hydrogen (secondary N) is 1. The number of benzene rings is 1. The van der Waals surface area contributed by atoms with Crippen molar-refractivity contribution in [3.63, 3.8) is 0 Å². The molecule has 1 aliphatic rings. The van der Waals surface area contributed by atoms with Gasteiger partial charge < -0.3 is 15.2 Å². The summed E-state index contributed by atoms with van der Waals surface area (Å²) < 4.78 is 4.72. The van der Waals surface area contributed by atoms with Gasteiger partial charge in [-0.3, -0.25) is 4.79 Å². The van der Waals surface area contributed by atoms with Gasteiger partial charge in [-0.25, -0.2) is 9.59 Å². The predicted octanol–water partition coefficient (Wildman–Crippen LogP) is 0.430. The zero-order valence-electron chi connectivity index (χ0n) is 9.38. The van der Waals surface area contributed by atoms with E-state index in [1.54, 1.807) is 0 Å². The lowest BCUT2D eigenvalue weighted by Crippen LogP contribution is -2.37. The maximum absolute atomic E-state index is 11.8. The van der Waals surface area contributed by atoms with E-state index in [1.165, 1.54) is 24.3 Å². The Morgan fingerprint density at radius 2 is 1.83 bits per heavy atom. The van der Waals surface area contributed by atoms with Crippen LogP contribution in [0.25, 0.3) is 0 Å². The maximum atomic E-state index is 11.8. The number of ether oxygens (including phenoxy) is 1. The Morgan fingerprint density at radius 3 is 2.33 bits per heavy atom. The van der Waals surface area contributed by atoms with Crippen LogP contribution in [0.2, 0.25) is 0 Å². The zero-order valence-corrected chi connectivity index (χ0v) is 9.38. The van der Waals surface area contributed by atoms with Crippen LogP contribution in [-0.4, -0.2) is 35.6 Å². The van der Waals surface area contributed by atoms with Gasteiger partial charge in [-0.15, -0.1) is 0 Å². The van der Waals surface area contributed by atoms with Crippen LogP contribution in [-0.2, 0) is 9.53 Å². The molecule has 1 aliphatic heterocycles. The van der Waals surface area contributed by atoms with E-state index in [2.05, 4.69) is 5.32 Å². The minimum Gasteiger partial charge on any atom is -0.478 e. The molecule has 1 aromatic rings. The van der Waals surface area contributed by atoms with Crippen molar-refractivity contribution >= 4 is 17.8 Å². The number of aromatic carboxylic acids is 1. The fourth-order valence-electron chi connectivity index (χ4n) is 1.63. The summed E-state index contributed by atoms with van der Waals surface area (Å²) >= 11 is 0. The van der Waals surface area contributed by atoms with Gasteiger partial charge in [0, 0.05) is 12.0 Å². The van der Waals surface area contributed by atoms with Crippen LogP contribution in [0.4, 0.5) is 0 Å². The molecule has 0 bridgehead atoms. The average Bonchev–Trinajstić information content (AvgIpc) is 2.75. The van der Waals surface area contributed by atoms with Crippen LogP contribution in [0, 0.1) is 0 Å². The molecule has 0 aliphatic carbocycles. The molecular formula is C12H11NO5. The van der Waals surface area contributed by atoms with E-state index in [4.69, 9.17) is 9.84 Å². The molecule has 1 heterocycles. The van der Waals surface area contributed by atoms with Crippen LogP contribution in [0.5, 0.6) is 0 Å². The lowest BCUT2D eigenvalue weighted by Gasteiger charge is -2.08. The Morgan fingerprint density at radius 1 is 1.22 bits per heavy atom. The smallest absolute Gasteiger partial charge is 0.335 e. The highest BCUT2D eigenvalue weighted by Gasteiger charge is 2.28. The van der Waals surface area contributed by atoms with E-state index >= 15 is 0 Å². The van der Waals surface area contributed by atoms with Gasteiger partial charge in [-0.2, -0.15) is 0 Å². The van der Waals surface area contributed by atoms with Gasteiger partial charge >= 0.3 is 11.9 Å². The fraction of sp³-hybridized carbons (Fsp3) is 0.250.